The number of allylic oxidation sites excluding steroid dienone is 1. The van der Waals surface area contributed by atoms with Gasteiger partial charge in [-0.25, -0.2) is 31.3 Å². The number of carbonyl (C=O) groups is 2. The number of carbonyl (C=O) groups excluding carboxylic acids is 2. The van der Waals surface area contributed by atoms with Crippen LogP contribution in [0.3, 0.4) is 0 Å². The molecule has 1 atom stereocenters. The highest BCUT2D eigenvalue weighted by Crippen LogP contribution is 2.43. The second-order valence-electron chi connectivity index (χ2n) is 14.4. The molecule has 0 radical (unpaired) electrons. The van der Waals surface area contributed by atoms with Crippen LogP contribution in [-0.2, 0) is 29.1 Å². The third-order valence-corrected chi connectivity index (χ3v) is 15.0. The lowest BCUT2D eigenvalue weighted by Gasteiger charge is -2.40. The summed E-state index contributed by atoms with van der Waals surface area (Å²) in [6, 6.07) is 1.97. The van der Waals surface area contributed by atoms with E-state index in [9.17, 15) is 26.8 Å². The maximum atomic E-state index is 14.7. The largest absolute Gasteiger partial charge is 0.466 e. The van der Waals surface area contributed by atoms with Crippen LogP contribution in [0.1, 0.15) is 62.1 Å². The van der Waals surface area contributed by atoms with Gasteiger partial charge in [0.1, 0.15) is 6.04 Å². The summed E-state index contributed by atoms with van der Waals surface area (Å²) in [5, 5.41) is 4.41. The Balaban J connectivity index is 1.33. The molecule has 5 rings (SSSR count). The van der Waals surface area contributed by atoms with E-state index in [4.69, 9.17) is 21.1 Å². The molecule has 1 aliphatic carbocycles. The highest BCUT2D eigenvalue weighted by molar-refractivity contribution is 7.89. The molecule has 10 nitrogen and oxygen atoms in total. The first-order valence-corrected chi connectivity index (χ1v) is 22.9. The average molecular weight is 757 g/mol. The quantitative estimate of drug-likeness (QED) is 0.166. The molecule has 3 aliphatic rings. The Labute approximate surface area is 296 Å². The Morgan fingerprint density at radius 3 is 2.41 bits per heavy atom. The molecule has 1 saturated heterocycles. The van der Waals surface area contributed by atoms with Gasteiger partial charge >= 0.3 is 11.9 Å². The van der Waals surface area contributed by atoms with Gasteiger partial charge in [0.25, 0.3) is 0 Å². The fourth-order valence-corrected chi connectivity index (χ4v) is 10.1. The van der Waals surface area contributed by atoms with Crippen LogP contribution >= 0.6 is 22.9 Å². The van der Waals surface area contributed by atoms with Crippen molar-refractivity contribution in [2.45, 2.75) is 82.4 Å². The number of hydrogen-bond donors (Lipinski definition) is 1. The number of nitrogens with one attached hydrogen (secondary N) is 1. The van der Waals surface area contributed by atoms with Crippen LogP contribution in [-0.4, -0.2) is 75.6 Å². The molecular weight excluding hydrogens is 714 g/mol. The predicted molar refractivity (Wildman–Crippen MR) is 188 cm³/mol. The van der Waals surface area contributed by atoms with E-state index in [1.165, 1.54) is 28.8 Å². The van der Waals surface area contributed by atoms with Gasteiger partial charge in [-0.3, -0.25) is 9.79 Å². The Morgan fingerprint density at radius 2 is 1.82 bits per heavy atom. The van der Waals surface area contributed by atoms with Gasteiger partial charge in [0.2, 0.25) is 10.0 Å². The number of halogens is 3. The van der Waals surface area contributed by atoms with E-state index in [-0.39, 0.29) is 36.1 Å². The number of nitrogens with zero attached hydrogens (tertiary/aromatic N) is 3. The van der Waals surface area contributed by atoms with Crippen molar-refractivity contribution < 1.29 is 36.3 Å². The standard InChI is InChI=1S/C33H43ClF2N4O6S2Si/c1-33(32(42)46-17-19-49(3,4)5)12-8-21(9-13-33)48(43,44)40-15-10-20(11-16-40)27-24(31(41)45-2)28(22-6-7-23(35)26(36)25(22)34)39-29(38-27)30-37-14-18-47-30/h6-7,14,18,20-21,28H,8-13,15-17,19H2,1-5H3,(H,38,39). The first-order valence-electron chi connectivity index (χ1n) is 16.4. The molecule has 2 aliphatic heterocycles. The predicted octanol–water partition coefficient (Wildman–Crippen LogP) is 6.47. The van der Waals surface area contributed by atoms with Crippen molar-refractivity contribution in [3.8, 4) is 0 Å². The molecule has 1 N–H and O–H groups in total. The number of aliphatic imine (C=N–C) groups is 1. The normalized spacial score (nSPS) is 24.3. The number of methoxy groups -OCH3 is 1. The zero-order valence-corrected chi connectivity index (χ0v) is 31.7. The molecule has 2 fully saturated rings. The fraction of sp³-hybridized carbons (Fsp3) is 0.576. The first-order chi connectivity index (χ1) is 23.1. The second-order valence-corrected chi connectivity index (χ2v) is 23.5. The van der Waals surface area contributed by atoms with Gasteiger partial charge in [-0.05, 0) is 57.6 Å². The molecule has 1 aromatic carbocycles. The van der Waals surface area contributed by atoms with Crippen LogP contribution in [0.2, 0.25) is 30.7 Å². The number of thiazole rings is 1. The van der Waals surface area contributed by atoms with Gasteiger partial charge in [0.05, 0.1) is 35.0 Å². The summed E-state index contributed by atoms with van der Waals surface area (Å²) in [4.78, 5) is 35.3. The van der Waals surface area contributed by atoms with E-state index in [0.717, 1.165) is 12.1 Å². The fourth-order valence-electron chi connectivity index (χ4n) is 6.61. The number of esters is 2. The van der Waals surface area contributed by atoms with Gasteiger partial charge in [0.15, 0.2) is 22.5 Å². The van der Waals surface area contributed by atoms with Gasteiger partial charge in [-0.1, -0.05) is 37.3 Å². The highest BCUT2D eigenvalue weighted by Gasteiger charge is 2.45. The van der Waals surface area contributed by atoms with Gasteiger partial charge in [0, 0.05) is 49.9 Å². The van der Waals surface area contributed by atoms with E-state index in [0.29, 0.717) is 61.7 Å². The Hall–Kier alpha value is -2.72. The van der Waals surface area contributed by atoms with Crippen molar-refractivity contribution in [1.82, 2.24) is 14.6 Å². The van der Waals surface area contributed by atoms with E-state index >= 15 is 0 Å². The molecule has 0 bridgehead atoms. The van der Waals surface area contributed by atoms with E-state index in [2.05, 4.69) is 34.9 Å². The van der Waals surface area contributed by atoms with Gasteiger partial charge in [-0.15, -0.1) is 11.3 Å². The van der Waals surface area contributed by atoms with Crippen LogP contribution < -0.4 is 5.32 Å². The molecule has 1 aromatic heterocycles. The number of hydrogen-bond acceptors (Lipinski definition) is 10. The average Bonchev–Trinajstić information content (AvgIpc) is 3.61. The van der Waals surface area contributed by atoms with Crippen molar-refractivity contribution >= 4 is 58.8 Å². The number of rotatable bonds is 10. The van der Waals surface area contributed by atoms with Crippen LogP contribution in [0.4, 0.5) is 8.78 Å². The summed E-state index contributed by atoms with van der Waals surface area (Å²) in [5.41, 5.74) is -0.0830. The van der Waals surface area contributed by atoms with Crippen molar-refractivity contribution in [1.29, 1.82) is 0 Å². The minimum atomic E-state index is -3.67. The third kappa shape index (κ3) is 8.11. The molecule has 16 heteroatoms. The minimum absolute atomic E-state index is 0.0817. The SMILES string of the molecule is COC(=O)C1=C(C2CCN(S(=O)(=O)C3CCC(C)(C(=O)OCC[Si](C)(C)C)CC3)CC2)NC(c2nccs2)=NC1c1ccc(F)c(F)c1Cl. The third-order valence-electron chi connectivity index (χ3n) is 9.73. The monoisotopic (exact) mass is 756 g/mol. The number of benzene rings is 1. The van der Waals surface area contributed by atoms with E-state index in [1.807, 2.05) is 6.92 Å². The van der Waals surface area contributed by atoms with Crippen LogP contribution in [0.15, 0.2) is 40.0 Å². The molecule has 0 spiro atoms. The Kier molecular flexibility index (Phi) is 11.4. The van der Waals surface area contributed by atoms with Crippen LogP contribution in [0.5, 0.6) is 0 Å². The number of sulfonamides is 1. The van der Waals surface area contributed by atoms with Crippen molar-refractivity contribution in [3.63, 3.8) is 0 Å². The summed E-state index contributed by atoms with van der Waals surface area (Å²) in [5.74, 6) is -3.37. The van der Waals surface area contributed by atoms with Gasteiger partial charge < -0.3 is 14.8 Å². The lowest BCUT2D eigenvalue weighted by atomic mass is 9.75. The number of ether oxygens (including phenoxy) is 2. The Bertz CT molecular complexity index is 1730. The smallest absolute Gasteiger partial charge is 0.338 e. The van der Waals surface area contributed by atoms with Crippen molar-refractivity contribution in [2.24, 2.45) is 16.3 Å². The molecule has 2 aromatic rings. The molecule has 1 saturated carbocycles. The number of aromatic nitrogens is 1. The zero-order valence-electron chi connectivity index (χ0n) is 28.4. The molecule has 49 heavy (non-hydrogen) atoms. The lowest BCUT2D eigenvalue weighted by molar-refractivity contribution is -0.156. The summed E-state index contributed by atoms with van der Waals surface area (Å²) >= 11 is 7.58. The number of amidine groups is 1. The van der Waals surface area contributed by atoms with Crippen molar-refractivity contribution in [3.05, 3.63) is 62.2 Å². The van der Waals surface area contributed by atoms with Crippen LogP contribution in [0, 0.1) is 23.0 Å². The summed E-state index contributed by atoms with van der Waals surface area (Å²) in [6.45, 7) is 9.35. The van der Waals surface area contributed by atoms with Crippen molar-refractivity contribution in [2.75, 3.05) is 26.8 Å². The summed E-state index contributed by atoms with van der Waals surface area (Å²) in [6.07, 6.45) is 3.95. The topological polar surface area (TPSA) is 127 Å². The van der Waals surface area contributed by atoms with Gasteiger partial charge in [-0.2, -0.15) is 0 Å². The molecule has 268 valence electrons. The van der Waals surface area contributed by atoms with E-state index < -0.39 is 57.4 Å². The maximum absolute atomic E-state index is 14.7. The zero-order chi connectivity index (χ0) is 35.7. The Morgan fingerprint density at radius 1 is 1.14 bits per heavy atom. The molecule has 0 amide bonds. The van der Waals surface area contributed by atoms with Crippen LogP contribution in [0.25, 0.3) is 0 Å². The minimum Gasteiger partial charge on any atom is -0.466 e. The second kappa shape index (κ2) is 14.9. The molecule has 3 heterocycles. The van der Waals surface area contributed by atoms with E-state index in [1.54, 1.807) is 11.6 Å². The molecule has 1 unspecified atom stereocenters. The first kappa shape index (κ1) is 37.5. The summed E-state index contributed by atoms with van der Waals surface area (Å²) in [7, 11) is -3.81. The lowest BCUT2D eigenvalue weighted by Crippen LogP contribution is -2.47. The number of piperidine rings is 1. The highest BCUT2D eigenvalue weighted by atomic mass is 35.5. The maximum Gasteiger partial charge on any atom is 0.338 e. The summed E-state index contributed by atoms with van der Waals surface area (Å²) < 4.78 is 68.7. The molecular formula is C33H43ClF2N4O6S2Si.